The quantitative estimate of drug-likeness (QED) is 0.288. The average Bonchev–Trinajstić information content (AvgIpc) is 3.22. The normalized spacial score (nSPS) is 12.6. The van der Waals surface area contributed by atoms with Crippen molar-refractivity contribution in [3.05, 3.63) is 84.1 Å². The van der Waals surface area contributed by atoms with Gasteiger partial charge >= 0.3 is 11.9 Å². The van der Waals surface area contributed by atoms with E-state index in [0.717, 1.165) is 24.3 Å². The van der Waals surface area contributed by atoms with Crippen molar-refractivity contribution >= 4 is 21.8 Å². The van der Waals surface area contributed by atoms with Gasteiger partial charge in [0.1, 0.15) is 11.4 Å². The van der Waals surface area contributed by atoms with Crippen LogP contribution in [-0.4, -0.2) is 42.3 Å². The Morgan fingerprint density at radius 2 is 1.73 bits per heavy atom. The summed E-state index contributed by atoms with van der Waals surface area (Å²) >= 11 is 0. The monoisotopic (exact) mass is 477 g/mol. The van der Waals surface area contributed by atoms with Crippen LogP contribution in [0.3, 0.4) is 0 Å². The molecule has 0 spiro atoms. The third kappa shape index (κ3) is 5.13. The SMILES string of the molecule is CNC(OC(=O)/C=C/C(=O)O)c1cc(S(=O)(=O)c2ccccc2)n(-c2c(F)cccc2F)n1. The number of esters is 1. The fourth-order valence-electron chi connectivity index (χ4n) is 2.83. The maximum atomic E-state index is 14.5. The molecule has 9 nitrogen and oxygen atoms in total. The van der Waals surface area contributed by atoms with E-state index < -0.39 is 50.4 Å². The number of hydrogen-bond acceptors (Lipinski definition) is 7. The van der Waals surface area contributed by atoms with Crippen molar-refractivity contribution in [2.75, 3.05) is 7.05 Å². The summed E-state index contributed by atoms with van der Waals surface area (Å²) in [6.45, 7) is 0. The smallest absolute Gasteiger partial charge is 0.332 e. The number of ether oxygens (including phenoxy) is 1. The van der Waals surface area contributed by atoms with Crippen molar-refractivity contribution in [2.45, 2.75) is 16.1 Å². The molecule has 0 saturated heterocycles. The first-order valence-electron chi connectivity index (χ1n) is 9.28. The highest BCUT2D eigenvalue weighted by atomic mass is 32.2. The molecular weight excluding hydrogens is 460 g/mol. The lowest BCUT2D eigenvalue weighted by Gasteiger charge is -2.13. The molecule has 0 aliphatic heterocycles. The molecule has 0 saturated carbocycles. The second-order valence-electron chi connectivity index (χ2n) is 6.48. The Bertz CT molecular complexity index is 1300. The molecule has 0 radical (unpaired) electrons. The average molecular weight is 477 g/mol. The van der Waals surface area contributed by atoms with Crippen molar-refractivity contribution < 1.29 is 36.6 Å². The number of hydrogen-bond donors (Lipinski definition) is 2. The summed E-state index contributed by atoms with van der Waals surface area (Å²) in [4.78, 5) is 22.3. The van der Waals surface area contributed by atoms with E-state index >= 15 is 0 Å². The van der Waals surface area contributed by atoms with Crippen LogP contribution in [0, 0.1) is 11.6 Å². The molecule has 3 rings (SSSR count). The van der Waals surface area contributed by atoms with Gasteiger partial charge in [-0.15, -0.1) is 0 Å². The van der Waals surface area contributed by atoms with Crippen LogP contribution in [0.25, 0.3) is 5.69 Å². The van der Waals surface area contributed by atoms with Crippen LogP contribution in [0.5, 0.6) is 0 Å². The fourth-order valence-corrected chi connectivity index (χ4v) is 4.23. The van der Waals surface area contributed by atoms with Crippen LogP contribution in [0.4, 0.5) is 8.78 Å². The standard InChI is InChI=1S/C21H17F2N3O6S/c1-24-21(32-19(29)11-10-18(27)28)16-12-17(33(30,31)13-6-3-2-4-7-13)26(25-16)20-14(22)8-5-9-15(20)23/h2-12,21,24H,1H3,(H,27,28)/b11-10+. The predicted octanol–water partition coefficient (Wildman–Crippen LogP) is 2.39. The molecular formula is C21H17F2N3O6S. The molecule has 12 heteroatoms. The van der Waals surface area contributed by atoms with Crippen molar-refractivity contribution in [1.29, 1.82) is 0 Å². The van der Waals surface area contributed by atoms with E-state index in [1.807, 2.05) is 0 Å². The highest BCUT2D eigenvalue weighted by Gasteiger charge is 2.30. The largest absolute Gasteiger partial charge is 0.478 e. The Labute approximate surface area is 186 Å². The van der Waals surface area contributed by atoms with Gasteiger partial charge in [-0.3, -0.25) is 5.32 Å². The van der Waals surface area contributed by atoms with E-state index in [9.17, 15) is 26.8 Å². The predicted molar refractivity (Wildman–Crippen MR) is 110 cm³/mol. The molecule has 1 atom stereocenters. The Morgan fingerprint density at radius 1 is 1.09 bits per heavy atom. The summed E-state index contributed by atoms with van der Waals surface area (Å²) in [5, 5.41) is 14.6. The van der Waals surface area contributed by atoms with Crippen LogP contribution < -0.4 is 5.32 Å². The number of sulfone groups is 1. The molecule has 172 valence electrons. The van der Waals surface area contributed by atoms with Gasteiger partial charge in [0.15, 0.2) is 22.9 Å². The third-order valence-electron chi connectivity index (χ3n) is 4.30. The molecule has 2 N–H and O–H groups in total. The first-order valence-corrected chi connectivity index (χ1v) is 10.8. The minimum Gasteiger partial charge on any atom is -0.478 e. The molecule has 2 aromatic carbocycles. The molecule has 0 amide bonds. The Hall–Kier alpha value is -3.90. The van der Waals surface area contributed by atoms with Crippen molar-refractivity contribution in [2.24, 2.45) is 0 Å². The summed E-state index contributed by atoms with van der Waals surface area (Å²) in [5.41, 5.74) is -0.947. The number of para-hydroxylation sites is 1. The highest BCUT2D eigenvalue weighted by molar-refractivity contribution is 7.91. The highest BCUT2D eigenvalue weighted by Crippen LogP contribution is 2.29. The minimum atomic E-state index is -4.31. The molecule has 0 fully saturated rings. The van der Waals surface area contributed by atoms with Crippen molar-refractivity contribution in [3.63, 3.8) is 0 Å². The van der Waals surface area contributed by atoms with E-state index in [-0.39, 0.29) is 10.6 Å². The summed E-state index contributed by atoms with van der Waals surface area (Å²) in [6.07, 6.45) is -0.174. The van der Waals surface area contributed by atoms with Crippen LogP contribution in [-0.2, 0) is 24.2 Å². The number of carbonyl (C=O) groups excluding carboxylic acids is 1. The minimum absolute atomic E-state index is 0.156. The molecule has 1 aromatic heterocycles. The van der Waals surface area contributed by atoms with Crippen LogP contribution in [0.15, 0.2) is 76.7 Å². The van der Waals surface area contributed by atoms with Crippen molar-refractivity contribution in [1.82, 2.24) is 15.1 Å². The molecule has 0 aliphatic rings. The maximum absolute atomic E-state index is 14.5. The Balaban J connectivity index is 2.16. The van der Waals surface area contributed by atoms with Gasteiger partial charge in [-0.1, -0.05) is 24.3 Å². The molecule has 1 unspecified atom stereocenters. The number of carbonyl (C=O) groups is 2. The van der Waals surface area contributed by atoms with Crippen LogP contribution in [0.2, 0.25) is 0 Å². The number of aromatic nitrogens is 2. The van der Waals surface area contributed by atoms with Gasteiger partial charge in [0.05, 0.1) is 4.90 Å². The van der Waals surface area contributed by atoms with E-state index in [0.29, 0.717) is 16.8 Å². The number of halogens is 2. The topological polar surface area (TPSA) is 128 Å². The van der Waals surface area contributed by atoms with E-state index in [2.05, 4.69) is 10.4 Å². The van der Waals surface area contributed by atoms with E-state index in [4.69, 9.17) is 9.84 Å². The van der Waals surface area contributed by atoms with Gasteiger partial charge < -0.3 is 9.84 Å². The second kappa shape index (κ2) is 9.71. The number of carboxylic acid groups (broad SMARTS) is 1. The summed E-state index contributed by atoms with van der Waals surface area (Å²) < 4.78 is 61.2. The van der Waals surface area contributed by atoms with Gasteiger partial charge in [-0.25, -0.2) is 31.5 Å². The summed E-state index contributed by atoms with van der Waals surface area (Å²) in [7, 11) is -2.96. The molecule has 0 bridgehead atoms. The van der Waals surface area contributed by atoms with Crippen LogP contribution in [0.1, 0.15) is 11.9 Å². The first-order chi connectivity index (χ1) is 15.6. The number of nitrogens with one attached hydrogen (secondary N) is 1. The number of carboxylic acids is 1. The molecule has 3 aromatic rings. The van der Waals surface area contributed by atoms with Gasteiger partial charge in [0.2, 0.25) is 9.84 Å². The lowest BCUT2D eigenvalue weighted by Crippen LogP contribution is -2.23. The van der Waals surface area contributed by atoms with E-state index in [1.165, 1.54) is 31.3 Å². The van der Waals surface area contributed by atoms with Crippen LogP contribution >= 0.6 is 0 Å². The van der Waals surface area contributed by atoms with E-state index in [1.54, 1.807) is 6.07 Å². The zero-order valence-corrected chi connectivity index (χ0v) is 17.8. The summed E-state index contributed by atoms with van der Waals surface area (Å²) in [6, 6.07) is 11.1. The van der Waals surface area contributed by atoms with Gasteiger partial charge in [-0.05, 0) is 31.3 Å². The van der Waals surface area contributed by atoms with Gasteiger partial charge in [0, 0.05) is 18.2 Å². The first kappa shape index (κ1) is 23.8. The second-order valence-corrected chi connectivity index (χ2v) is 8.38. The zero-order valence-electron chi connectivity index (χ0n) is 17.0. The van der Waals surface area contributed by atoms with Gasteiger partial charge in [0.25, 0.3) is 0 Å². The zero-order chi connectivity index (χ0) is 24.2. The molecule has 33 heavy (non-hydrogen) atoms. The lowest BCUT2D eigenvalue weighted by molar-refractivity contribution is -0.145. The number of aliphatic carboxylic acids is 1. The number of rotatable bonds is 8. The molecule has 0 aliphatic carbocycles. The number of nitrogens with zero attached hydrogens (tertiary/aromatic N) is 2. The Kier molecular flexibility index (Phi) is 6.99. The number of benzene rings is 2. The van der Waals surface area contributed by atoms with Gasteiger partial charge in [-0.2, -0.15) is 5.10 Å². The Morgan fingerprint density at radius 3 is 2.30 bits per heavy atom. The lowest BCUT2D eigenvalue weighted by atomic mass is 10.3. The fraction of sp³-hybridized carbons (Fsp3) is 0.0952. The molecule has 1 heterocycles. The van der Waals surface area contributed by atoms with Crippen molar-refractivity contribution in [3.8, 4) is 5.69 Å². The third-order valence-corrected chi connectivity index (χ3v) is 6.03. The maximum Gasteiger partial charge on any atom is 0.332 e. The summed E-state index contributed by atoms with van der Waals surface area (Å²) in [5.74, 6) is -4.60.